The van der Waals surface area contributed by atoms with E-state index in [9.17, 15) is 23.6 Å². The van der Waals surface area contributed by atoms with E-state index in [0.717, 1.165) is 12.1 Å². The van der Waals surface area contributed by atoms with Crippen molar-refractivity contribution >= 4 is 29.3 Å². The van der Waals surface area contributed by atoms with Gasteiger partial charge in [-0.25, -0.2) is 4.39 Å². The van der Waals surface area contributed by atoms with E-state index >= 15 is 0 Å². The summed E-state index contributed by atoms with van der Waals surface area (Å²) in [6.45, 7) is 0.689. The molecule has 31 heavy (non-hydrogen) atoms. The Morgan fingerprint density at radius 3 is 2.29 bits per heavy atom. The third-order valence-electron chi connectivity index (χ3n) is 4.78. The monoisotopic (exact) mass is 426 g/mol. The van der Waals surface area contributed by atoms with E-state index in [4.69, 9.17) is 0 Å². The van der Waals surface area contributed by atoms with Crippen LogP contribution < -0.4 is 20.9 Å². The van der Waals surface area contributed by atoms with Gasteiger partial charge in [0.05, 0.1) is 12.1 Å². The number of nitrogens with one attached hydrogen (secondary N) is 3. The Morgan fingerprint density at radius 1 is 0.903 bits per heavy atom. The smallest absolute Gasteiger partial charge is 0.254 e. The Morgan fingerprint density at radius 2 is 1.61 bits per heavy atom. The number of carbonyl (C=O) groups excluding carboxylic acids is 4. The van der Waals surface area contributed by atoms with Gasteiger partial charge < -0.3 is 20.9 Å². The number of hydrogen-bond acceptors (Lipinski definition) is 4. The maximum absolute atomic E-state index is 13.5. The number of halogens is 1. The summed E-state index contributed by atoms with van der Waals surface area (Å²) in [5.74, 6) is -1.96. The molecule has 0 saturated carbocycles. The van der Waals surface area contributed by atoms with Crippen molar-refractivity contribution in [1.82, 2.24) is 16.0 Å². The van der Waals surface area contributed by atoms with Gasteiger partial charge in [-0.2, -0.15) is 0 Å². The molecule has 0 radical (unpaired) electrons. The second-order valence-electron chi connectivity index (χ2n) is 6.96. The number of nitrogens with zero attached hydrogens (tertiary/aromatic N) is 1. The highest BCUT2D eigenvalue weighted by Gasteiger charge is 2.21. The van der Waals surface area contributed by atoms with Gasteiger partial charge in [0.1, 0.15) is 5.82 Å². The first-order valence-electron chi connectivity index (χ1n) is 9.94. The van der Waals surface area contributed by atoms with Crippen molar-refractivity contribution in [2.24, 2.45) is 0 Å². The van der Waals surface area contributed by atoms with Crippen molar-refractivity contribution in [3.8, 4) is 0 Å². The molecule has 0 bridgehead atoms. The average molecular weight is 426 g/mol. The van der Waals surface area contributed by atoms with Crippen molar-refractivity contribution in [2.75, 3.05) is 31.1 Å². The van der Waals surface area contributed by atoms with Crippen LogP contribution >= 0.6 is 0 Å². The van der Waals surface area contributed by atoms with Crippen molar-refractivity contribution in [2.45, 2.75) is 12.8 Å². The zero-order chi connectivity index (χ0) is 22.2. The number of anilines is 1. The lowest BCUT2D eigenvalue weighted by Gasteiger charge is -2.15. The summed E-state index contributed by atoms with van der Waals surface area (Å²) >= 11 is 0. The molecule has 1 aliphatic rings. The molecule has 0 unspecified atom stereocenters. The maximum Gasteiger partial charge on any atom is 0.254 e. The van der Waals surface area contributed by atoms with Crippen LogP contribution in [0.2, 0.25) is 0 Å². The molecule has 1 aliphatic heterocycles. The minimum Gasteiger partial charge on any atom is -0.353 e. The van der Waals surface area contributed by atoms with Crippen LogP contribution in [0.5, 0.6) is 0 Å². The summed E-state index contributed by atoms with van der Waals surface area (Å²) in [7, 11) is 0. The van der Waals surface area contributed by atoms with Crippen molar-refractivity contribution in [1.29, 1.82) is 0 Å². The zero-order valence-corrected chi connectivity index (χ0v) is 16.8. The van der Waals surface area contributed by atoms with Crippen LogP contribution in [0.1, 0.15) is 33.6 Å². The Hall–Kier alpha value is -3.75. The normalized spacial score (nSPS) is 13.1. The van der Waals surface area contributed by atoms with E-state index in [2.05, 4.69) is 16.0 Å². The van der Waals surface area contributed by atoms with Gasteiger partial charge in [-0.05, 0) is 42.8 Å². The molecular weight excluding hydrogens is 403 g/mol. The van der Waals surface area contributed by atoms with Gasteiger partial charge in [-0.15, -0.1) is 0 Å². The molecule has 162 valence electrons. The molecule has 0 spiro atoms. The molecular formula is C22H23FN4O4. The van der Waals surface area contributed by atoms with Crippen LogP contribution in [0, 0.1) is 5.82 Å². The van der Waals surface area contributed by atoms with Gasteiger partial charge in [0.15, 0.2) is 0 Å². The van der Waals surface area contributed by atoms with Crippen LogP contribution in [0.4, 0.5) is 10.1 Å². The lowest BCUT2D eigenvalue weighted by molar-refractivity contribution is -0.120. The fourth-order valence-corrected chi connectivity index (χ4v) is 3.16. The third-order valence-corrected chi connectivity index (χ3v) is 4.78. The summed E-state index contributed by atoms with van der Waals surface area (Å²) in [4.78, 5) is 49.4. The fraction of sp³-hybridized carbons (Fsp3) is 0.273. The first kappa shape index (κ1) is 21.9. The van der Waals surface area contributed by atoms with Crippen molar-refractivity contribution in [3.63, 3.8) is 0 Å². The van der Waals surface area contributed by atoms with Crippen LogP contribution in [-0.4, -0.2) is 49.8 Å². The molecule has 3 rings (SSSR count). The molecule has 2 aromatic carbocycles. The predicted molar refractivity (Wildman–Crippen MR) is 112 cm³/mol. The molecule has 3 N–H and O–H groups in total. The Labute approximate surface area is 178 Å². The van der Waals surface area contributed by atoms with E-state index in [0.29, 0.717) is 18.5 Å². The van der Waals surface area contributed by atoms with Crippen molar-refractivity contribution < 1.29 is 23.6 Å². The lowest BCUT2D eigenvalue weighted by atomic mass is 10.2. The number of rotatable bonds is 8. The molecule has 0 atom stereocenters. The van der Waals surface area contributed by atoms with Gasteiger partial charge in [0.2, 0.25) is 11.8 Å². The molecule has 9 heteroatoms. The summed E-state index contributed by atoms with van der Waals surface area (Å²) in [6.07, 6.45) is 1.35. The van der Waals surface area contributed by atoms with Crippen LogP contribution in [0.25, 0.3) is 0 Å². The highest BCUT2D eigenvalue weighted by Crippen LogP contribution is 2.21. The van der Waals surface area contributed by atoms with Crippen LogP contribution in [0.3, 0.4) is 0 Å². The Bertz CT molecular complexity index is 978. The third kappa shape index (κ3) is 5.88. The predicted octanol–water partition coefficient (Wildman–Crippen LogP) is 1.23. The van der Waals surface area contributed by atoms with E-state index in [1.165, 1.54) is 18.2 Å². The zero-order valence-electron chi connectivity index (χ0n) is 16.8. The van der Waals surface area contributed by atoms with E-state index in [1.807, 2.05) is 0 Å². The molecule has 1 heterocycles. The molecule has 0 aliphatic carbocycles. The van der Waals surface area contributed by atoms with Gasteiger partial charge >= 0.3 is 0 Å². The lowest BCUT2D eigenvalue weighted by Crippen LogP contribution is -2.40. The van der Waals surface area contributed by atoms with Crippen LogP contribution in [-0.2, 0) is 9.59 Å². The fourth-order valence-electron chi connectivity index (χ4n) is 3.16. The van der Waals surface area contributed by atoms with Crippen molar-refractivity contribution in [3.05, 3.63) is 65.5 Å². The van der Waals surface area contributed by atoms with E-state index in [1.54, 1.807) is 35.2 Å². The summed E-state index contributed by atoms with van der Waals surface area (Å²) in [5.41, 5.74) is 1.05. The average Bonchev–Trinajstić information content (AvgIpc) is 3.21. The number of amides is 4. The molecule has 1 fully saturated rings. The second kappa shape index (κ2) is 10.3. The van der Waals surface area contributed by atoms with Crippen LogP contribution in [0.15, 0.2) is 48.5 Å². The minimum absolute atomic E-state index is 0.0683. The molecule has 4 amide bonds. The number of carbonyl (C=O) groups is 4. The Balaban J connectivity index is 1.36. The van der Waals surface area contributed by atoms with Gasteiger partial charge in [0, 0.05) is 37.3 Å². The number of hydrogen-bond donors (Lipinski definition) is 3. The van der Waals surface area contributed by atoms with E-state index < -0.39 is 23.5 Å². The standard InChI is InChI=1S/C22H23FN4O4/c23-18-5-2-1-4-17(18)22(31)25-12-11-24-19(28)14-26-21(30)15-7-9-16(10-8-15)27-13-3-6-20(27)29/h1-2,4-5,7-10H,3,6,11-14H2,(H,24,28)(H,25,31)(H,26,30). The Kier molecular flexibility index (Phi) is 7.31. The summed E-state index contributed by atoms with van der Waals surface area (Å²) in [6, 6.07) is 12.2. The highest BCUT2D eigenvalue weighted by atomic mass is 19.1. The first-order valence-corrected chi connectivity index (χ1v) is 9.94. The van der Waals surface area contributed by atoms with Gasteiger partial charge in [-0.1, -0.05) is 12.1 Å². The van der Waals surface area contributed by atoms with Gasteiger partial charge in [-0.3, -0.25) is 19.2 Å². The first-order chi connectivity index (χ1) is 15.0. The number of benzene rings is 2. The largest absolute Gasteiger partial charge is 0.353 e. The topological polar surface area (TPSA) is 108 Å². The summed E-state index contributed by atoms with van der Waals surface area (Å²) in [5, 5.41) is 7.58. The molecule has 0 aromatic heterocycles. The molecule has 8 nitrogen and oxygen atoms in total. The second-order valence-corrected chi connectivity index (χ2v) is 6.96. The van der Waals surface area contributed by atoms with E-state index in [-0.39, 0.29) is 31.1 Å². The molecule has 2 aromatic rings. The quantitative estimate of drug-likeness (QED) is 0.552. The maximum atomic E-state index is 13.5. The SMILES string of the molecule is O=C(CNC(=O)c1ccc(N2CCCC2=O)cc1)NCCNC(=O)c1ccccc1F. The highest BCUT2D eigenvalue weighted by molar-refractivity contribution is 5.98. The van der Waals surface area contributed by atoms with Gasteiger partial charge in [0.25, 0.3) is 11.8 Å². The summed E-state index contributed by atoms with van der Waals surface area (Å²) < 4.78 is 13.5. The molecule has 1 saturated heterocycles. The minimum atomic E-state index is -0.619.